The van der Waals surface area contributed by atoms with Crippen molar-refractivity contribution in [3.05, 3.63) is 17.2 Å². The van der Waals surface area contributed by atoms with E-state index in [0.717, 1.165) is 11.5 Å². The number of thioether (sulfide) groups is 1. The molecule has 4 fully saturated rings. The molecule has 5 aliphatic rings. The second kappa shape index (κ2) is 8.66. The molecule has 37 heavy (non-hydrogen) atoms. The van der Waals surface area contributed by atoms with Crippen LogP contribution in [0.1, 0.15) is 32.0 Å². The van der Waals surface area contributed by atoms with Crippen LogP contribution in [0.2, 0.25) is 0 Å². The summed E-state index contributed by atoms with van der Waals surface area (Å²) in [6.07, 6.45) is 1.70. The number of carboxylic acid groups (broad SMARTS) is 1. The molecular formula is C21H26N8O6S2. The number of anilines is 1. The van der Waals surface area contributed by atoms with Crippen LogP contribution in [0.15, 0.2) is 16.5 Å². The number of hydrogen-bond donors (Lipinski definition) is 3. The highest BCUT2D eigenvalue weighted by Gasteiger charge is 2.65. The summed E-state index contributed by atoms with van der Waals surface area (Å²) in [6, 6.07) is 0. The van der Waals surface area contributed by atoms with Gasteiger partial charge in [-0.2, -0.15) is 9.36 Å². The van der Waals surface area contributed by atoms with Gasteiger partial charge in [-0.05, 0) is 6.92 Å². The fraction of sp³-hybridized carbons (Fsp3) is 0.571. The van der Waals surface area contributed by atoms with Crippen LogP contribution in [0.25, 0.3) is 0 Å². The van der Waals surface area contributed by atoms with Crippen LogP contribution in [0.4, 0.5) is 5.13 Å². The molecule has 198 valence electrons. The number of quaternary nitrogens is 1. The van der Waals surface area contributed by atoms with E-state index >= 15 is 0 Å². The molecule has 14 nitrogen and oxygen atoms in total. The van der Waals surface area contributed by atoms with Crippen molar-refractivity contribution in [1.82, 2.24) is 19.6 Å². The Kier molecular flexibility index (Phi) is 5.95. The van der Waals surface area contributed by atoms with E-state index in [1.165, 1.54) is 30.7 Å². The van der Waals surface area contributed by atoms with Gasteiger partial charge in [0.05, 0.1) is 36.8 Å². The second-order valence-corrected chi connectivity index (χ2v) is 11.7. The number of carbonyl (C=O) groups excluding carboxylic acids is 4. The third-order valence-corrected chi connectivity index (χ3v) is 10.0. The van der Waals surface area contributed by atoms with Crippen LogP contribution >= 0.6 is 23.3 Å². The van der Waals surface area contributed by atoms with Gasteiger partial charge in [0.2, 0.25) is 17.4 Å². The molecule has 5 aliphatic heterocycles. The summed E-state index contributed by atoms with van der Waals surface area (Å²) in [5.41, 5.74) is 9.49. The predicted molar refractivity (Wildman–Crippen MR) is 130 cm³/mol. The number of oxime groups is 1. The van der Waals surface area contributed by atoms with Crippen molar-refractivity contribution in [1.29, 1.82) is 0 Å². The van der Waals surface area contributed by atoms with Crippen LogP contribution in [0, 0.1) is 5.41 Å². The minimum atomic E-state index is -1.45. The van der Waals surface area contributed by atoms with E-state index in [-0.39, 0.29) is 28.3 Å². The molecule has 3 amide bonds. The summed E-state index contributed by atoms with van der Waals surface area (Å²) in [5, 5.41) is 18.2. The number of amides is 3. The minimum absolute atomic E-state index is 0.0546. The lowest BCUT2D eigenvalue weighted by Crippen LogP contribution is -2.80. The highest BCUT2D eigenvalue weighted by molar-refractivity contribution is 8.00. The molecule has 1 aromatic heterocycles. The third kappa shape index (κ3) is 3.68. The average Bonchev–Trinajstić information content (AvgIpc) is 3.32. The normalized spacial score (nSPS) is 33.0. The van der Waals surface area contributed by atoms with Crippen molar-refractivity contribution < 1.29 is 33.6 Å². The topological polar surface area (TPSA) is 206 Å². The van der Waals surface area contributed by atoms with Crippen molar-refractivity contribution in [2.45, 2.75) is 37.1 Å². The summed E-state index contributed by atoms with van der Waals surface area (Å²) in [7, 11) is 1.25. The molecule has 16 heteroatoms. The van der Waals surface area contributed by atoms with Crippen molar-refractivity contribution in [3.63, 3.8) is 0 Å². The minimum Gasteiger partial charge on any atom is -0.543 e. The van der Waals surface area contributed by atoms with Crippen molar-refractivity contribution in [2.75, 3.05) is 38.2 Å². The van der Waals surface area contributed by atoms with Gasteiger partial charge in [-0.3, -0.25) is 23.8 Å². The standard InChI is InChI=1S/C21H26N8O6S2/c1-20(25-14(30)11(26-35-2)13-24-19(23)37-27-13)17(34)28-12(15(31)32)10(9-36-18(20)28)29-6-3-21(4-7-29,5-8-29)16(22)33/h18H,3-9H2,1-2H3,(H5-,22,23,24,25,27,30,31,32,33)/b26-11-/t18-,20+,21?,29?/m0/s1. The summed E-state index contributed by atoms with van der Waals surface area (Å²) in [4.78, 5) is 60.9. The average molecular weight is 551 g/mol. The molecule has 0 radical (unpaired) electrons. The molecule has 0 unspecified atom stereocenters. The number of rotatable bonds is 7. The van der Waals surface area contributed by atoms with Crippen LogP contribution in [-0.4, -0.2) is 91.6 Å². The Bertz CT molecular complexity index is 1250. The molecule has 2 atom stereocenters. The second-order valence-electron chi connectivity index (χ2n) is 9.87. The van der Waals surface area contributed by atoms with E-state index in [4.69, 9.17) is 16.3 Å². The van der Waals surface area contributed by atoms with Crippen molar-refractivity contribution in [2.24, 2.45) is 16.3 Å². The van der Waals surface area contributed by atoms with E-state index in [0.29, 0.717) is 54.8 Å². The number of nitrogens with two attached hydrogens (primary N) is 2. The first-order valence-corrected chi connectivity index (χ1v) is 13.4. The molecule has 6 heterocycles. The van der Waals surface area contributed by atoms with Gasteiger partial charge in [-0.1, -0.05) is 5.16 Å². The number of carboxylic acids is 1. The maximum absolute atomic E-state index is 13.4. The zero-order valence-electron chi connectivity index (χ0n) is 20.2. The lowest BCUT2D eigenvalue weighted by molar-refractivity contribution is -0.909. The molecule has 0 aromatic carbocycles. The Morgan fingerprint density at radius 1 is 1.27 bits per heavy atom. The van der Waals surface area contributed by atoms with Gasteiger partial charge in [-0.15, -0.1) is 11.8 Å². The molecule has 1 aromatic rings. The van der Waals surface area contributed by atoms with Crippen molar-refractivity contribution in [3.8, 4) is 0 Å². The molecule has 5 N–H and O–H groups in total. The number of aromatic nitrogens is 2. The van der Waals surface area contributed by atoms with Gasteiger partial charge in [0.1, 0.15) is 29.4 Å². The predicted octanol–water partition coefficient (Wildman–Crippen LogP) is -2.29. The first-order chi connectivity index (χ1) is 17.5. The van der Waals surface area contributed by atoms with Gasteiger partial charge in [-0.25, -0.2) is 0 Å². The number of nitrogens with one attached hydrogen (secondary N) is 1. The number of β-lactam (4-membered cyclic amide) rings is 1. The Balaban J connectivity index is 1.41. The Morgan fingerprint density at radius 3 is 2.43 bits per heavy atom. The fourth-order valence-electron chi connectivity index (χ4n) is 5.84. The quantitative estimate of drug-likeness (QED) is 0.143. The largest absolute Gasteiger partial charge is 0.543 e. The Morgan fingerprint density at radius 2 is 1.92 bits per heavy atom. The summed E-state index contributed by atoms with van der Waals surface area (Å²) in [6.45, 7) is 3.23. The van der Waals surface area contributed by atoms with E-state index in [2.05, 4.69) is 19.8 Å². The number of nitrogens with zero attached hydrogens (tertiary/aromatic N) is 5. The molecule has 2 bridgehead atoms. The highest BCUT2D eigenvalue weighted by atomic mass is 32.2. The van der Waals surface area contributed by atoms with Gasteiger partial charge in [0.25, 0.3) is 11.8 Å². The van der Waals surface area contributed by atoms with Crippen LogP contribution in [-0.2, 0) is 24.0 Å². The monoisotopic (exact) mass is 550 g/mol. The molecular weight excluding hydrogens is 524 g/mol. The Hall–Kier alpha value is -3.24. The molecule has 6 rings (SSSR count). The lowest BCUT2D eigenvalue weighted by Gasteiger charge is -2.60. The maximum atomic E-state index is 13.4. The first-order valence-electron chi connectivity index (χ1n) is 11.6. The summed E-state index contributed by atoms with van der Waals surface area (Å²) in [5.74, 6) is -2.84. The first kappa shape index (κ1) is 25.4. The number of hydrogen-bond acceptors (Lipinski definition) is 12. The smallest absolute Gasteiger partial charge is 0.278 e. The van der Waals surface area contributed by atoms with E-state index in [1.54, 1.807) is 0 Å². The van der Waals surface area contributed by atoms with Crippen LogP contribution in [0.3, 0.4) is 0 Å². The molecule has 4 saturated heterocycles. The Labute approximate surface area is 219 Å². The SMILES string of the molecule is CO/N=C(\C(=O)N[C@]1(C)C(=O)N2C(C(=O)[O-])=C([N+]34CCC(C(N)=O)(CC3)CC4)CS[C@H]21)c1nsc(N)n1. The highest BCUT2D eigenvalue weighted by Crippen LogP contribution is 2.52. The van der Waals surface area contributed by atoms with Gasteiger partial charge < -0.3 is 31.5 Å². The molecule has 0 saturated carbocycles. The number of fused-ring (bicyclic) bond motifs is 4. The van der Waals surface area contributed by atoms with E-state index in [1.807, 2.05) is 0 Å². The van der Waals surface area contributed by atoms with Crippen molar-refractivity contribution >= 4 is 57.8 Å². The maximum Gasteiger partial charge on any atom is 0.278 e. The summed E-state index contributed by atoms with van der Waals surface area (Å²) >= 11 is 2.24. The van der Waals surface area contributed by atoms with Crippen LogP contribution in [0.5, 0.6) is 0 Å². The zero-order valence-corrected chi connectivity index (χ0v) is 21.8. The third-order valence-electron chi connectivity index (χ3n) is 8.05. The van der Waals surface area contributed by atoms with E-state index < -0.39 is 34.1 Å². The van der Waals surface area contributed by atoms with Gasteiger partial charge in [0.15, 0.2) is 5.13 Å². The fourth-order valence-corrected chi connectivity index (χ4v) is 7.85. The van der Waals surface area contributed by atoms with Gasteiger partial charge in [0, 0.05) is 30.8 Å². The zero-order chi connectivity index (χ0) is 26.8. The molecule has 0 spiro atoms. The van der Waals surface area contributed by atoms with Gasteiger partial charge >= 0.3 is 0 Å². The number of primary amides is 1. The number of carbonyl (C=O) groups is 4. The molecule has 0 aliphatic carbocycles. The van der Waals surface area contributed by atoms with E-state index in [9.17, 15) is 24.3 Å². The number of nitrogen functional groups attached to an aromatic ring is 1. The summed E-state index contributed by atoms with van der Waals surface area (Å²) < 4.78 is 4.37. The lowest BCUT2D eigenvalue weighted by atomic mass is 9.69. The van der Waals surface area contributed by atoms with Crippen LogP contribution < -0.4 is 21.9 Å². The number of aliphatic carboxylic acids is 1. The number of piperidine rings is 3.